The van der Waals surface area contributed by atoms with Gasteiger partial charge in [0.25, 0.3) is 0 Å². The molecule has 196 valence electrons. The van der Waals surface area contributed by atoms with Gasteiger partial charge in [-0.2, -0.15) is 0 Å². The van der Waals surface area contributed by atoms with Crippen molar-refractivity contribution in [2.45, 2.75) is 51.9 Å². The van der Waals surface area contributed by atoms with Crippen LogP contribution in [0, 0.1) is 0 Å². The Bertz CT molecular complexity index is 1090. The van der Waals surface area contributed by atoms with Crippen molar-refractivity contribution in [3.63, 3.8) is 0 Å². The summed E-state index contributed by atoms with van der Waals surface area (Å²) in [5, 5.41) is 0. The minimum absolute atomic E-state index is 0.179. The van der Waals surface area contributed by atoms with Crippen molar-refractivity contribution in [3.05, 3.63) is 81.4 Å². The predicted octanol–water partition coefficient (Wildman–Crippen LogP) is 6.47. The smallest absolute Gasteiger partial charge is 0.122 e. The maximum Gasteiger partial charge on any atom is 0.122 e. The zero-order valence-electron chi connectivity index (χ0n) is 23.9. The van der Waals surface area contributed by atoms with Gasteiger partial charge in [0.2, 0.25) is 0 Å². The minimum Gasteiger partial charge on any atom is -0.496 e. The van der Waals surface area contributed by atoms with Crippen LogP contribution in [0.25, 0.3) is 0 Å². The maximum atomic E-state index is 5.92. The van der Waals surface area contributed by atoms with Crippen LogP contribution in [0.4, 0.5) is 0 Å². The number of allylic oxidation sites excluding steroid dienone is 4. The number of benzene rings is 2. The summed E-state index contributed by atoms with van der Waals surface area (Å²) in [5.41, 5.74) is 9.52. The van der Waals surface area contributed by atoms with Crippen molar-refractivity contribution < 1.29 is 9.47 Å². The molecule has 0 fully saturated rings. The summed E-state index contributed by atoms with van der Waals surface area (Å²) in [6.45, 7) is 8.85. The topological polar surface area (TPSA) is 24.9 Å². The summed E-state index contributed by atoms with van der Waals surface area (Å²) in [6, 6.07) is 13.5. The summed E-state index contributed by atoms with van der Waals surface area (Å²) in [6.07, 6.45) is 5.51. The molecule has 2 atom stereocenters. The molecule has 4 nitrogen and oxygen atoms in total. The highest BCUT2D eigenvalue weighted by molar-refractivity contribution is 5.54. The van der Waals surface area contributed by atoms with Crippen LogP contribution in [0.2, 0.25) is 0 Å². The first-order valence-electron chi connectivity index (χ1n) is 13.1. The van der Waals surface area contributed by atoms with Crippen LogP contribution in [-0.4, -0.2) is 65.3 Å². The highest BCUT2D eigenvalue weighted by Gasteiger charge is 2.33. The van der Waals surface area contributed by atoms with Gasteiger partial charge in [0, 0.05) is 36.1 Å². The van der Waals surface area contributed by atoms with E-state index in [1.807, 2.05) is 0 Å². The van der Waals surface area contributed by atoms with Crippen LogP contribution in [0.5, 0.6) is 11.5 Å². The molecule has 36 heavy (non-hydrogen) atoms. The van der Waals surface area contributed by atoms with Crippen LogP contribution in [-0.2, 0) is 12.8 Å². The fourth-order valence-electron chi connectivity index (χ4n) is 5.38. The van der Waals surface area contributed by atoms with E-state index in [9.17, 15) is 0 Å². The molecular weight excluding hydrogens is 444 g/mol. The van der Waals surface area contributed by atoms with E-state index in [0.29, 0.717) is 0 Å². The summed E-state index contributed by atoms with van der Waals surface area (Å²) in [7, 11) is 12.1. The first-order chi connectivity index (χ1) is 17.1. The van der Waals surface area contributed by atoms with Gasteiger partial charge in [-0.25, -0.2) is 0 Å². The molecule has 0 bridgehead atoms. The van der Waals surface area contributed by atoms with Gasteiger partial charge in [0.15, 0.2) is 0 Å². The Morgan fingerprint density at radius 3 is 1.78 bits per heavy atom. The van der Waals surface area contributed by atoms with Gasteiger partial charge in [0.1, 0.15) is 11.5 Å². The highest BCUT2D eigenvalue weighted by atomic mass is 16.5. The average molecular weight is 491 g/mol. The molecule has 0 heterocycles. The quantitative estimate of drug-likeness (QED) is 0.357. The molecule has 0 aromatic heterocycles. The third kappa shape index (κ3) is 6.80. The molecule has 2 aromatic rings. The number of hydrogen-bond donors (Lipinski definition) is 0. The van der Waals surface area contributed by atoms with E-state index in [0.717, 1.165) is 43.9 Å². The Morgan fingerprint density at radius 2 is 1.31 bits per heavy atom. The van der Waals surface area contributed by atoms with Gasteiger partial charge in [-0.05, 0) is 91.5 Å². The van der Waals surface area contributed by atoms with Gasteiger partial charge >= 0.3 is 0 Å². The lowest BCUT2D eigenvalue weighted by Gasteiger charge is -2.35. The molecule has 1 aliphatic carbocycles. The van der Waals surface area contributed by atoms with Crippen molar-refractivity contribution >= 4 is 0 Å². The Labute approximate surface area is 219 Å². The standard InChI is InChI=1S/C32H46N2O2/c1-22(2)32-28(26-20-24(14-16-33(4)5)10-12-30(26)35-8)18-23(3)19-29(32)27-21-25(15-17-34(6)7)11-13-31(27)36-9/h10-13,18,20-21,28-29H,14-17,19H2,1-9H3. The Morgan fingerprint density at radius 1 is 0.806 bits per heavy atom. The van der Waals surface area contributed by atoms with Crippen LogP contribution in [0.3, 0.4) is 0 Å². The van der Waals surface area contributed by atoms with Crippen molar-refractivity contribution in [1.82, 2.24) is 9.80 Å². The molecule has 0 aliphatic heterocycles. The number of ether oxygens (including phenoxy) is 2. The Balaban J connectivity index is 2.11. The second kappa shape index (κ2) is 12.6. The monoisotopic (exact) mass is 490 g/mol. The molecule has 0 radical (unpaired) electrons. The van der Waals surface area contributed by atoms with Gasteiger partial charge in [0.05, 0.1) is 14.2 Å². The van der Waals surface area contributed by atoms with E-state index in [4.69, 9.17) is 9.47 Å². The number of rotatable bonds is 10. The van der Waals surface area contributed by atoms with E-state index >= 15 is 0 Å². The first kappa shape index (κ1) is 28.0. The molecule has 2 aromatic carbocycles. The van der Waals surface area contributed by atoms with Gasteiger partial charge < -0.3 is 19.3 Å². The lowest BCUT2D eigenvalue weighted by Crippen LogP contribution is -2.19. The van der Waals surface area contributed by atoms with Crippen molar-refractivity contribution in [2.75, 3.05) is 55.5 Å². The van der Waals surface area contributed by atoms with Crippen molar-refractivity contribution in [3.8, 4) is 11.5 Å². The van der Waals surface area contributed by atoms with E-state index in [-0.39, 0.29) is 11.8 Å². The van der Waals surface area contributed by atoms with Crippen molar-refractivity contribution in [2.24, 2.45) is 0 Å². The number of nitrogens with zero attached hydrogens (tertiary/aromatic N) is 2. The lowest BCUT2D eigenvalue weighted by molar-refractivity contribution is 0.401. The number of hydrogen-bond acceptors (Lipinski definition) is 4. The summed E-state index contributed by atoms with van der Waals surface area (Å²) < 4.78 is 11.8. The van der Waals surface area contributed by atoms with Crippen molar-refractivity contribution in [1.29, 1.82) is 0 Å². The van der Waals surface area contributed by atoms with E-state index in [1.54, 1.807) is 14.2 Å². The highest BCUT2D eigenvalue weighted by Crippen LogP contribution is 2.50. The molecule has 2 unspecified atom stereocenters. The number of methoxy groups -OCH3 is 2. The molecule has 1 aliphatic rings. The van der Waals surface area contributed by atoms with Gasteiger partial charge in [-0.3, -0.25) is 0 Å². The fourth-order valence-corrected chi connectivity index (χ4v) is 5.38. The van der Waals surface area contributed by atoms with E-state index < -0.39 is 0 Å². The Hall–Kier alpha value is -2.56. The molecule has 0 saturated carbocycles. The SMILES string of the molecule is COc1ccc(CCN(C)C)cc1C1C=C(C)CC(c2cc(CCN(C)C)ccc2OC)C1=C(C)C. The molecule has 0 spiro atoms. The Kier molecular flexibility index (Phi) is 9.81. The molecule has 0 amide bonds. The van der Waals surface area contributed by atoms with E-state index in [1.165, 1.54) is 39.0 Å². The normalized spacial score (nSPS) is 18.0. The van der Waals surface area contributed by atoms with Crippen LogP contribution in [0.15, 0.2) is 59.2 Å². The molecule has 3 rings (SSSR count). The van der Waals surface area contributed by atoms with Crippen LogP contribution >= 0.6 is 0 Å². The maximum absolute atomic E-state index is 5.92. The first-order valence-corrected chi connectivity index (χ1v) is 13.1. The zero-order chi connectivity index (χ0) is 26.4. The van der Waals surface area contributed by atoms with Crippen LogP contribution in [0.1, 0.15) is 61.3 Å². The minimum atomic E-state index is 0.179. The zero-order valence-corrected chi connectivity index (χ0v) is 23.9. The summed E-state index contributed by atoms with van der Waals surface area (Å²) in [4.78, 5) is 4.48. The second-order valence-electron chi connectivity index (χ2n) is 11.0. The third-order valence-corrected chi connectivity index (χ3v) is 7.26. The largest absolute Gasteiger partial charge is 0.496 e. The second-order valence-corrected chi connectivity index (χ2v) is 11.0. The molecule has 4 heteroatoms. The third-order valence-electron chi connectivity index (χ3n) is 7.26. The fraction of sp³-hybridized carbons (Fsp3) is 0.500. The van der Waals surface area contributed by atoms with Crippen LogP contribution < -0.4 is 9.47 Å². The molecular formula is C32H46N2O2. The summed E-state index contributed by atoms with van der Waals surface area (Å²) in [5.74, 6) is 2.39. The number of likely N-dealkylation sites (N-methyl/N-ethyl adjacent to an activating group) is 2. The summed E-state index contributed by atoms with van der Waals surface area (Å²) >= 11 is 0. The molecule has 0 N–H and O–H groups in total. The molecule has 0 saturated heterocycles. The lowest BCUT2D eigenvalue weighted by atomic mass is 9.70. The van der Waals surface area contributed by atoms with E-state index in [2.05, 4.69) is 101 Å². The predicted molar refractivity (Wildman–Crippen MR) is 153 cm³/mol. The van der Waals surface area contributed by atoms with Gasteiger partial charge in [-0.15, -0.1) is 0 Å². The van der Waals surface area contributed by atoms with Gasteiger partial charge in [-0.1, -0.05) is 47.1 Å². The average Bonchev–Trinajstić information content (AvgIpc) is 2.85.